The zero-order valence-corrected chi connectivity index (χ0v) is 11.3. The Morgan fingerprint density at radius 1 is 1.17 bits per heavy atom. The van der Waals surface area contributed by atoms with Crippen molar-refractivity contribution in [2.75, 3.05) is 5.73 Å². The third-order valence-electron chi connectivity index (χ3n) is 3.52. The van der Waals surface area contributed by atoms with Crippen molar-refractivity contribution in [2.24, 2.45) is 0 Å². The van der Waals surface area contributed by atoms with Crippen LogP contribution in [-0.2, 0) is 5.54 Å². The molecule has 5 nitrogen and oxygen atoms in total. The van der Waals surface area contributed by atoms with E-state index in [0.29, 0.717) is 11.3 Å². The second-order valence-corrected chi connectivity index (χ2v) is 5.04. The molecule has 2 rings (SSSR count). The van der Waals surface area contributed by atoms with Gasteiger partial charge in [0, 0.05) is 5.54 Å². The molecular weight excluding hydrogens is 226 g/mol. The lowest BCUT2D eigenvalue weighted by Crippen LogP contribution is -2.29. The summed E-state index contributed by atoms with van der Waals surface area (Å²) in [6.45, 7) is 6.67. The molecule has 98 valence electrons. The van der Waals surface area contributed by atoms with E-state index in [1.165, 1.54) is 6.33 Å². The lowest BCUT2D eigenvalue weighted by molar-refractivity contribution is 0.271. The Bertz CT molecular complexity index is 525. The Balaban J connectivity index is 2.54. The van der Waals surface area contributed by atoms with E-state index in [-0.39, 0.29) is 5.54 Å². The summed E-state index contributed by atoms with van der Waals surface area (Å²) in [5.41, 5.74) is 7.43. The van der Waals surface area contributed by atoms with Crippen LogP contribution in [0.1, 0.15) is 46.5 Å². The standard InChI is InChI=1S/C13H21N5/c1-4-6-13(3,7-5-2)18-9-17-10-11(14)15-8-16-12(10)18/h8-9H,4-7H2,1-3H3,(H2,14,15,16). The molecule has 0 amide bonds. The Hall–Kier alpha value is -1.65. The zero-order valence-electron chi connectivity index (χ0n) is 11.3. The topological polar surface area (TPSA) is 69.6 Å². The van der Waals surface area contributed by atoms with Crippen molar-refractivity contribution in [3.63, 3.8) is 0 Å². The van der Waals surface area contributed by atoms with Crippen molar-refractivity contribution in [3.05, 3.63) is 12.7 Å². The molecule has 0 spiro atoms. The number of nitrogen functional groups attached to an aromatic ring is 1. The minimum absolute atomic E-state index is 0.0546. The molecule has 0 bridgehead atoms. The van der Waals surface area contributed by atoms with E-state index in [1.807, 2.05) is 6.33 Å². The first kappa shape index (κ1) is 12.8. The minimum atomic E-state index is 0.0546. The summed E-state index contributed by atoms with van der Waals surface area (Å²) < 4.78 is 2.16. The molecule has 0 radical (unpaired) electrons. The van der Waals surface area contributed by atoms with Gasteiger partial charge in [-0.05, 0) is 19.8 Å². The molecule has 18 heavy (non-hydrogen) atoms. The van der Waals surface area contributed by atoms with Gasteiger partial charge in [0.25, 0.3) is 0 Å². The van der Waals surface area contributed by atoms with E-state index in [1.54, 1.807) is 0 Å². The molecule has 0 unspecified atom stereocenters. The van der Waals surface area contributed by atoms with Gasteiger partial charge in [-0.2, -0.15) is 0 Å². The van der Waals surface area contributed by atoms with Crippen LogP contribution in [0.4, 0.5) is 5.82 Å². The first-order valence-corrected chi connectivity index (χ1v) is 6.56. The monoisotopic (exact) mass is 247 g/mol. The zero-order chi connectivity index (χ0) is 13.2. The average Bonchev–Trinajstić information content (AvgIpc) is 2.75. The van der Waals surface area contributed by atoms with Gasteiger partial charge in [0.1, 0.15) is 11.8 Å². The van der Waals surface area contributed by atoms with Gasteiger partial charge < -0.3 is 10.3 Å². The number of hydrogen-bond acceptors (Lipinski definition) is 4. The highest BCUT2D eigenvalue weighted by molar-refractivity contribution is 5.81. The Morgan fingerprint density at radius 2 is 1.83 bits per heavy atom. The molecule has 0 fully saturated rings. The van der Waals surface area contributed by atoms with Crippen molar-refractivity contribution in [1.29, 1.82) is 0 Å². The van der Waals surface area contributed by atoms with Crippen LogP contribution >= 0.6 is 0 Å². The van der Waals surface area contributed by atoms with E-state index in [0.717, 1.165) is 31.3 Å². The number of rotatable bonds is 5. The lowest BCUT2D eigenvalue weighted by atomic mass is 9.90. The fourth-order valence-corrected chi connectivity index (χ4v) is 2.69. The summed E-state index contributed by atoms with van der Waals surface area (Å²) in [4.78, 5) is 12.7. The maximum atomic E-state index is 5.83. The summed E-state index contributed by atoms with van der Waals surface area (Å²) in [6.07, 6.45) is 7.84. The molecular formula is C13H21N5. The molecule has 2 aromatic rings. The molecule has 2 heterocycles. The van der Waals surface area contributed by atoms with E-state index < -0.39 is 0 Å². The number of aromatic nitrogens is 4. The minimum Gasteiger partial charge on any atom is -0.382 e. The number of fused-ring (bicyclic) bond motifs is 1. The molecule has 2 aromatic heterocycles. The van der Waals surface area contributed by atoms with Gasteiger partial charge >= 0.3 is 0 Å². The smallest absolute Gasteiger partial charge is 0.165 e. The highest BCUT2D eigenvalue weighted by atomic mass is 15.2. The van der Waals surface area contributed by atoms with Crippen molar-refractivity contribution in [3.8, 4) is 0 Å². The van der Waals surface area contributed by atoms with Crippen molar-refractivity contribution >= 4 is 17.0 Å². The fourth-order valence-electron chi connectivity index (χ4n) is 2.69. The number of anilines is 1. The number of nitrogens with zero attached hydrogens (tertiary/aromatic N) is 4. The quantitative estimate of drug-likeness (QED) is 0.882. The molecule has 0 saturated carbocycles. The number of hydrogen-bond donors (Lipinski definition) is 1. The van der Waals surface area contributed by atoms with Gasteiger partial charge in [0.2, 0.25) is 0 Å². The highest BCUT2D eigenvalue weighted by Crippen LogP contribution is 2.31. The predicted octanol–water partition coefficient (Wildman–Crippen LogP) is 2.72. The van der Waals surface area contributed by atoms with Crippen LogP contribution in [0.2, 0.25) is 0 Å². The molecule has 0 aliphatic heterocycles. The van der Waals surface area contributed by atoms with Crippen LogP contribution < -0.4 is 5.73 Å². The molecule has 0 aliphatic carbocycles. The first-order valence-electron chi connectivity index (χ1n) is 6.56. The highest BCUT2D eigenvalue weighted by Gasteiger charge is 2.27. The Kier molecular flexibility index (Phi) is 3.50. The van der Waals surface area contributed by atoms with Crippen LogP contribution in [0, 0.1) is 0 Å². The second-order valence-electron chi connectivity index (χ2n) is 5.04. The SMILES string of the molecule is CCCC(C)(CCC)n1cnc2c(N)ncnc21. The van der Waals surface area contributed by atoms with E-state index in [9.17, 15) is 0 Å². The fraction of sp³-hybridized carbons (Fsp3) is 0.615. The Labute approximate surface area is 107 Å². The van der Waals surface area contributed by atoms with Crippen molar-refractivity contribution in [1.82, 2.24) is 19.5 Å². The molecule has 0 atom stereocenters. The predicted molar refractivity (Wildman–Crippen MR) is 73.2 cm³/mol. The maximum absolute atomic E-state index is 5.83. The van der Waals surface area contributed by atoms with Crippen LogP contribution in [0.3, 0.4) is 0 Å². The van der Waals surface area contributed by atoms with Crippen molar-refractivity contribution < 1.29 is 0 Å². The summed E-state index contributed by atoms with van der Waals surface area (Å²) in [5.74, 6) is 0.453. The lowest BCUT2D eigenvalue weighted by Gasteiger charge is -2.31. The van der Waals surface area contributed by atoms with E-state index in [2.05, 4.69) is 40.3 Å². The van der Waals surface area contributed by atoms with Gasteiger partial charge in [0.15, 0.2) is 11.5 Å². The van der Waals surface area contributed by atoms with E-state index in [4.69, 9.17) is 5.73 Å². The molecule has 2 N–H and O–H groups in total. The van der Waals surface area contributed by atoms with Crippen LogP contribution in [0.25, 0.3) is 11.2 Å². The van der Waals surface area contributed by atoms with Gasteiger partial charge in [-0.25, -0.2) is 15.0 Å². The molecule has 0 aliphatic rings. The van der Waals surface area contributed by atoms with Gasteiger partial charge in [-0.15, -0.1) is 0 Å². The largest absolute Gasteiger partial charge is 0.382 e. The second kappa shape index (κ2) is 4.92. The van der Waals surface area contributed by atoms with Gasteiger partial charge in [-0.1, -0.05) is 26.7 Å². The van der Waals surface area contributed by atoms with Crippen molar-refractivity contribution in [2.45, 2.75) is 52.0 Å². The number of imidazole rings is 1. The average molecular weight is 247 g/mol. The summed E-state index contributed by atoms with van der Waals surface area (Å²) in [7, 11) is 0. The first-order chi connectivity index (χ1) is 8.62. The van der Waals surface area contributed by atoms with Crippen LogP contribution in [0.15, 0.2) is 12.7 Å². The third kappa shape index (κ3) is 2.05. The summed E-state index contributed by atoms with van der Waals surface area (Å²) >= 11 is 0. The third-order valence-corrected chi connectivity index (χ3v) is 3.52. The number of nitrogens with two attached hydrogens (primary N) is 1. The Morgan fingerprint density at radius 3 is 2.44 bits per heavy atom. The molecule has 5 heteroatoms. The van der Waals surface area contributed by atoms with Gasteiger partial charge in [0.05, 0.1) is 6.33 Å². The van der Waals surface area contributed by atoms with E-state index >= 15 is 0 Å². The van der Waals surface area contributed by atoms with Crippen LogP contribution in [-0.4, -0.2) is 19.5 Å². The summed E-state index contributed by atoms with van der Waals surface area (Å²) in [6, 6.07) is 0. The summed E-state index contributed by atoms with van der Waals surface area (Å²) in [5, 5.41) is 0. The molecule has 0 aromatic carbocycles. The normalized spacial score (nSPS) is 12.2. The van der Waals surface area contributed by atoms with Gasteiger partial charge in [-0.3, -0.25) is 0 Å². The molecule has 0 saturated heterocycles. The van der Waals surface area contributed by atoms with Crippen LogP contribution in [0.5, 0.6) is 0 Å². The maximum Gasteiger partial charge on any atom is 0.165 e.